The summed E-state index contributed by atoms with van der Waals surface area (Å²) in [6, 6.07) is 0. The van der Waals surface area contributed by atoms with E-state index in [0.717, 1.165) is 38.8 Å². The van der Waals surface area contributed by atoms with E-state index in [-0.39, 0.29) is 6.09 Å². The van der Waals surface area contributed by atoms with Gasteiger partial charge in [-0.1, -0.05) is 45.4 Å². The molecule has 0 atom stereocenters. The Hall–Kier alpha value is -0.770. The molecule has 0 spiro atoms. The number of amides is 1. The second-order valence-corrected chi connectivity index (χ2v) is 4.68. The molecule has 108 valence electrons. The van der Waals surface area contributed by atoms with Crippen molar-refractivity contribution in [2.45, 2.75) is 64.7 Å². The molecule has 0 bridgehead atoms. The minimum absolute atomic E-state index is 0.272. The molecule has 0 heterocycles. The smallest absolute Gasteiger partial charge is 0.407 e. The van der Waals surface area contributed by atoms with Gasteiger partial charge >= 0.3 is 6.09 Å². The zero-order valence-corrected chi connectivity index (χ0v) is 11.9. The first kappa shape index (κ1) is 17.2. The maximum atomic E-state index is 11.2. The average molecular weight is 258 g/mol. The Kier molecular flexibility index (Phi) is 13.7. The fraction of sp³-hybridized carbons (Fsp3) is 0.929. The minimum atomic E-state index is -0.272. The molecule has 0 saturated carbocycles. The first-order valence-corrected chi connectivity index (χ1v) is 7.42. The number of ether oxygens (including phenoxy) is 1. The van der Waals surface area contributed by atoms with Crippen molar-refractivity contribution >= 4 is 6.09 Å². The van der Waals surface area contributed by atoms with Gasteiger partial charge in [0.2, 0.25) is 0 Å². The van der Waals surface area contributed by atoms with E-state index >= 15 is 0 Å². The van der Waals surface area contributed by atoms with Gasteiger partial charge in [-0.2, -0.15) is 0 Å². The highest BCUT2D eigenvalue weighted by atomic mass is 16.5. The lowest BCUT2D eigenvalue weighted by atomic mass is 10.1. The molecular weight excluding hydrogens is 228 g/mol. The van der Waals surface area contributed by atoms with Crippen LogP contribution in [0, 0.1) is 0 Å². The summed E-state index contributed by atoms with van der Waals surface area (Å²) in [4.78, 5) is 11.2. The number of rotatable bonds is 12. The average Bonchev–Trinajstić information content (AvgIpc) is 2.37. The van der Waals surface area contributed by atoms with Gasteiger partial charge in [-0.3, -0.25) is 0 Å². The van der Waals surface area contributed by atoms with E-state index in [1.807, 2.05) is 0 Å². The Morgan fingerprint density at radius 1 is 1.00 bits per heavy atom. The lowest BCUT2D eigenvalue weighted by Crippen LogP contribution is -2.25. The van der Waals surface area contributed by atoms with Crippen LogP contribution < -0.4 is 11.1 Å². The summed E-state index contributed by atoms with van der Waals surface area (Å²) in [6.45, 7) is 4.15. The van der Waals surface area contributed by atoms with Gasteiger partial charge in [-0.25, -0.2) is 4.79 Å². The highest BCUT2D eigenvalue weighted by Gasteiger charge is 1.99. The molecule has 0 aromatic rings. The monoisotopic (exact) mass is 258 g/mol. The van der Waals surface area contributed by atoms with Crippen LogP contribution in [0.15, 0.2) is 0 Å². The van der Waals surface area contributed by atoms with Gasteiger partial charge in [-0.15, -0.1) is 0 Å². The van der Waals surface area contributed by atoms with Crippen LogP contribution in [0.5, 0.6) is 0 Å². The maximum absolute atomic E-state index is 11.2. The molecule has 0 fully saturated rings. The van der Waals surface area contributed by atoms with Crippen LogP contribution in [-0.2, 0) is 4.74 Å². The van der Waals surface area contributed by atoms with E-state index < -0.39 is 0 Å². The molecule has 0 aromatic carbocycles. The number of hydrogen-bond acceptors (Lipinski definition) is 3. The van der Waals surface area contributed by atoms with Crippen molar-refractivity contribution in [1.29, 1.82) is 0 Å². The van der Waals surface area contributed by atoms with Crippen LogP contribution >= 0.6 is 0 Å². The van der Waals surface area contributed by atoms with Crippen LogP contribution in [-0.4, -0.2) is 25.8 Å². The lowest BCUT2D eigenvalue weighted by molar-refractivity contribution is 0.144. The van der Waals surface area contributed by atoms with Crippen LogP contribution in [0.3, 0.4) is 0 Å². The van der Waals surface area contributed by atoms with Crippen LogP contribution in [0.1, 0.15) is 64.7 Å². The molecule has 18 heavy (non-hydrogen) atoms. The third-order valence-corrected chi connectivity index (χ3v) is 2.88. The molecule has 3 N–H and O–H groups in total. The SMILES string of the molecule is CCCCOC(=O)NCCCCCCCCCN. The van der Waals surface area contributed by atoms with Crippen molar-refractivity contribution in [2.24, 2.45) is 5.73 Å². The number of carbonyl (C=O) groups is 1. The summed E-state index contributed by atoms with van der Waals surface area (Å²) in [5, 5.41) is 2.78. The van der Waals surface area contributed by atoms with Gasteiger partial charge in [-0.05, 0) is 25.8 Å². The zero-order valence-electron chi connectivity index (χ0n) is 11.9. The van der Waals surface area contributed by atoms with E-state index in [4.69, 9.17) is 10.5 Å². The van der Waals surface area contributed by atoms with Crippen LogP contribution in [0.25, 0.3) is 0 Å². The fourth-order valence-corrected chi connectivity index (χ4v) is 1.70. The Bertz CT molecular complexity index is 187. The van der Waals surface area contributed by atoms with E-state index in [1.165, 1.54) is 32.1 Å². The van der Waals surface area contributed by atoms with Gasteiger partial charge in [0, 0.05) is 6.54 Å². The molecule has 0 aliphatic heterocycles. The Labute approximate surface area is 112 Å². The zero-order chi connectivity index (χ0) is 13.5. The Morgan fingerprint density at radius 3 is 2.22 bits per heavy atom. The topological polar surface area (TPSA) is 64.3 Å². The molecular formula is C14H30N2O2. The highest BCUT2D eigenvalue weighted by molar-refractivity contribution is 5.66. The minimum Gasteiger partial charge on any atom is -0.450 e. The molecule has 1 amide bonds. The van der Waals surface area contributed by atoms with Crippen molar-refractivity contribution in [3.05, 3.63) is 0 Å². The fourth-order valence-electron chi connectivity index (χ4n) is 1.70. The lowest BCUT2D eigenvalue weighted by Gasteiger charge is -2.06. The molecule has 0 radical (unpaired) electrons. The largest absolute Gasteiger partial charge is 0.450 e. The van der Waals surface area contributed by atoms with Gasteiger partial charge < -0.3 is 15.8 Å². The van der Waals surface area contributed by atoms with Crippen LogP contribution in [0.4, 0.5) is 4.79 Å². The number of nitrogens with one attached hydrogen (secondary N) is 1. The van der Waals surface area contributed by atoms with Crippen molar-refractivity contribution in [1.82, 2.24) is 5.32 Å². The summed E-state index contributed by atoms with van der Waals surface area (Å²) >= 11 is 0. The Balaban J connectivity index is 3.08. The van der Waals surface area contributed by atoms with Gasteiger partial charge in [0.15, 0.2) is 0 Å². The van der Waals surface area contributed by atoms with Crippen LogP contribution in [0.2, 0.25) is 0 Å². The molecule has 0 aliphatic carbocycles. The third-order valence-electron chi connectivity index (χ3n) is 2.88. The number of unbranched alkanes of at least 4 members (excludes halogenated alkanes) is 7. The summed E-state index contributed by atoms with van der Waals surface area (Å²) in [7, 11) is 0. The van der Waals surface area contributed by atoms with Gasteiger partial charge in [0.25, 0.3) is 0 Å². The molecule has 0 saturated heterocycles. The van der Waals surface area contributed by atoms with E-state index in [9.17, 15) is 4.79 Å². The highest BCUT2D eigenvalue weighted by Crippen LogP contribution is 2.06. The third kappa shape index (κ3) is 13.3. The van der Waals surface area contributed by atoms with E-state index in [2.05, 4.69) is 12.2 Å². The van der Waals surface area contributed by atoms with Crippen molar-refractivity contribution in [3.8, 4) is 0 Å². The van der Waals surface area contributed by atoms with E-state index in [0.29, 0.717) is 6.61 Å². The normalized spacial score (nSPS) is 10.3. The summed E-state index contributed by atoms with van der Waals surface area (Å²) < 4.78 is 4.99. The molecule has 0 aromatic heterocycles. The standard InChI is InChI=1S/C14H30N2O2/c1-2-3-13-18-14(17)16-12-10-8-6-4-5-7-9-11-15/h2-13,15H2,1H3,(H,16,17). The quantitative estimate of drug-likeness (QED) is 0.528. The summed E-state index contributed by atoms with van der Waals surface area (Å²) in [5.74, 6) is 0. The van der Waals surface area contributed by atoms with Gasteiger partial charge in [0.05, 0.1) is 6.61 Å². The maximum Gasteiger partial charge on any atom is 0.407 e. The molecule has 0 rings (SSSR count). The number of hydrogen-bond donors (Lipinski definition) is 2. The predicted octanol–water partition coefficient (Wildman–Crippen LogP) is 3.20. The van der Waals surface area contributed by atoms with Gasteiger partial charge in [0.1, 0.15) is 0 Å². The Morgan fingerprint density at radius 2 is 1.61 bits per heavy atom. The summed E-state index contributed by atoms with van der Waals surface area (Å²) in [6.07, 6.45) is 10.1. The number of carbonyl (C=O) groups excluding carboxylic acids is 1. The second-order valence-electron chi connectivity index (χ2n) is 4.68. The van der Waals surface area contributed by atoms with Crippen molar-refractivity contribution in [2.75, 3.05) is 19.7 Å². The number of nitrogens with two attached hydrogens (primary N) is 1. The molecule has 4 nitrogen and oxygen atoms in total. The predicted molar refractivity (Wildman–Crippen MR) is 75.6 cm³/mol. The molecule has 0 unspecified atom stereocenters. The molecule has 4 heteroatoms. The van der Waals surface area contributed by atoms with Crippen molar-refractivity contribution in [3.63, 3.8) is 0 Å². The first-order chi connectivity index (χ1) is 8.81. The summed E-state index contributed by atoms with van der Waals surface area (Å²) in [5.41, 5.74) is 5.43. The van der Waals surface area contributed by atoms with E-state index in [1.54, 1.807) is 0 Å². The molecule has 0 aliphatic rings. The number of alkyl carbamates (subject to hydrolysis) is 1. The van der Waals surface area contributed by atoms with Crippen molar-refractivity contribution < 1.29 is 9.53 Å². The second kappa shape index (κ2) is 14.3. The first-order valence-electron chi connectivity index (χ1n) is 7.42.